The fraction of sp³-hybridized carbons (Fsp3) is 0.385. The minimum absolute atomic E-state index is 0.195. The molecule has 104 valence electrons. The molecule has 0 bridgehead atoms. The van der Waals surface area contributed by atoms with Crippen molar-refractivity contribution >= 4 is 23.5 Å². The highest BCUT2D eigenvalue weighted by Crippen LogP contribution is 2.11. The molecule has 0 saturated heterocycles. The van der Waals surface area contributed by atoms with Crippen LogP contribution >= 0.6 is 11.6 Å². The number of hydrogen-bond donors (Lipinski definition) is 1. The molecule has 0 fully saturated rings. The maximum atomic E-state index is 11.9. The molecule has 19 heavy (non-hydrogen) atoms. The maximum Gasteiger partial charge on any atom is 0.332 e. The number of carbonyl (C=O) groups excluding carboxylic acids is 2. The van der Waals surface area contributed by atoms with Crippen LogP contribution < -0.4 is 5.73 Å². The summed E-state index contributed by atoms with van der Waals surface area (Å²) in [6.45, 7) is 2.20. The van der Waals surface area contributed by atoms with Crippen molar-refractivity contribution in [1.29, 1.82) is 0 Å². The second-order valence-corrected chi connectivity index (χ2v) is 4.49. The molecule has 1 aromatic carbocycles. The number of ether oxygens (including phenoxy) is 1. The van der Waals surface area contributed by atoms with E-state index in [1.165, 1.54) is 4.90 Å². The number of nitrogens with zero attached hydrogens (tertiary/aromatic N) is 1. The van der Waals surface area contributed by atoms with E-state index >= 15 is 0 Å². The average Bonchev–Trinajstić information content (AvgIpc) is 2.39. The third-order valence-electron chi connectivity index (χ3n) is 2.52. The van der Waals surface area contributed by atoms with Gasteiger partial charge in [-0.15, -0.1) is 0 Å². The Hall–Kier alpha value is -1.59. The number of rotatable bonds is 5. The number of benzene rings is 1. The highest BCUT2D eigenvalue weighted by Gasteiger charge is 2.26. The topological polar surface area (TPSA) is 72.6 Å². The molecule has 0 aliphatic carbocycles. The van der Waals surface area contributed by atoms with E-state index in [2.05, 4.69) is 0 Å². The van der Waals surface area contributed by atoms with Crippen LogP contribution in [-0.2, 0) is 20.9 Å². The van der Waals surface area contributed by atoms with Crippen LogP contribution in [0, 0.1) is 0 Å². The third kappa shape index (κ3) is 4.54. The summed E-state index contributed by atoms with van der Waals surface area (Å²) in [6.07, 6.45) is 0. The minimum atomic E-state index is -1.28. The van der Waals surface area contributed by atoms with Crippen LogP contribution in [0.1, 0.15) is 12.5 Å². The molecule has 1 atom stereocenters. The lowest BCUT2D eigenvalue weighted by Gasteiger charge is -2.20. The highest BCUT2D eigenvalue weighted by molar-refractivity contribution is 6.30. The first-order valence-corrected chi connectivity index (χ1v) is 6.25. The third-order valence-corrected chi connectivity index (χ3v) is 2.77. The van der Waals surface area contributed by atoms with Crippen molar-refractivity contribution in [2.45, 2.75) is 19.5 Å². The van der Waals surface area contributed by atoms with Gasteiger partial charge in [0, 0.05) is 18.6 Å². The maximum absolute atomic E-state index is 11.9. The summed E-state index contributed by atoms with van der Waals surface area (Å²) in [4.78, 5) is 24.7. The van der Waals surface area contributed by atoms with E-state index < -0.39 is 17.9 Å². The summed E-state index contributed by atoms with van der Waals surface area (Å²) < 4.78 is 4.71. The van der Waals surface area contributed by atoms with E-state index in [9.17, 15) is 9.59 Å². The van der Waals surface area contributed by atoms with Gasteiger partial charge in [-0.3, -0.25) is 4.79 Å². The molecule has 0 spiro atoms. The summed E-state index contributed by atoms with van der Waals surface area (Å²) in [5, 5.41) is 0.626. The lowest BCUT2D eigenvalue weighted by atomic mass is 10.2. The first kappa shape index (κ1) is 15.5. The van der Waals surface area contributed by atoms with Crippen molar-refractivity contribution in [1.82, 2.24) is 4.90 Å². The van der Waals surface area contributed by atoms with E-state index in [4.69, 9.17) is 22.1 Å². The Morgan fingerprint density at radius 2 is 1.95 bits per heavy atom. The van der Waals surface area contributed by atoms with Gasteiger partial charge in [0.25, 0.3) is 5.91 Å². The largest absolute Gasteiger partial charge is 0.464 e. The van der Waals surface area contributed by atoms with Gasteiger partial charge in [0.2, 0.25) is 0 Å². The van der Waals surface area contributed by atoms with Gasteiger partial charge in [-0.1, -0.05) is 23.7 Å². The molecule has 6 heteroatoms. The molecule has 1 rings (SSSR count). The van der Waals surface area contributed by atoms with Crippen molar-refractivity contribution in [3.8, 4) is 0 Å². The quantitative estimate of drug-likeness (QED) is 0.651. The average molecular weight is 285 g/mol. The van der Waals surface area contributed by atoms with E-state index in [1.54, 1.807) is 26.1 Å². The standard InChI is InChI=1S/C13H17ClN2O3/c1-3-19-13(18)11(15)12(17)16(2)8-9-4-6-10(14)7-5-9/h4-7,11H,3,8,15H2,1-2H3. The number of amides is 1. The Kier molecular flexibility index (Phi) is 5.79. The normalized spacial score (nSPS) is 11.8. The summed E-state index contributed by atoms with van der Waals surface area (Å²) in [5.74, 6) is -1.19. The number of hydrogen-bond acceptors (Lipinski definition) is 4. The Balaban J connectivity index is 2.62. The van der Waals surface area contributed by atoms with Gasteiger partial charge in [0.1, 0.15) is 0 Å². The van der Waals surface area contributed by atoms with Crippen LogP contribution in [0.4, 0.5) is 0 Å². The zero-order valence-electron chi connectivity index (χ0n) is 10.9. The number of nitrogens with two attached hydrogens (primary N) is 1. The van der Waals surface area contributed by atoms with Gasteiger partial charge < -0.3 is 15.4 Å². The predicted molar refractivity (Wildman–Crippen MR) is 72.5 cm³/mol. The summed E-state index contributed by atoms with van der Waals surface area (Å²) in [5.41, 5.74) is 6.44. The van der Waals surface area contributed by atoms with Crippen LogP contribution in [0.25, 0.3) is 0 Å². The first-order valence-electron chi connectivity index (χ1n) is 5.87. The van der Waals surface area contributed by atoms with Crippen LogP contribution in [0.3, 0.4) is 0 Å². The van der Waals surface area contributed by atoms with E-state index in [1.807, 2.05) is 12.1 Å². The molecule has 1 amide bonds. The summed E-state index contributed by atoms with van der Waals surface area (Å²) in [6, 6.07) is 5.81. The fourth-order valence-corrected chi connectivity index (χ4v) is 1.64. The Morgan fingerprint density at radius 1 is 1.37 bits per heavy atom. The molecule has 0 radical (unpaired) electrons. The van der Waals surface area contributed by atoms with Gasteiger partial charge in [0.05, 0.1) is 6.61 Å². The molecule has 2 N–H and O–H groups in total. The van der Waals surface area contributed by atoms with E-state index in [0.717, 1.165) is 5.56 Å². The minimum Gasteiger partial charge on any atom is -0.464 e. The molecule has 0 aliphatic rings. The Labute approximate surface area is 117 Å². The van der Waals surface area contributed by atoms with Crippen molar-refractivity contribution in [3.63, 3.8) is 0 Å². The van der Waals surface area contributed by atoms with Crippen LogP contribution in [0.15, 0.2) is 24.3 Å². The Bertz CT molecular complexity index is 448. The summed E-state index contributed by atoms with van der Waals surface area (Å²) >= 11 is 5.78. The molecule has 1 unspecified atom stereocenters. The summed E-state index contributed by atoms with van der Waals surface area (Å²) in [7, 11) is 1.58. The first-order chi connectivity index (χ1) is 8.95. The van der Waals surface area contributed by atoms with Gasteiger partial charge in [-0.25, -0.2) is 4.79 Å². The second kappa shape index (κ2) is 7.11. The van der Waals surface area contributed by atoms with Gasteiger partial charge in [-0.05, 0) is 24.6 Å². The zero-order chi connectivity index (χ0) is 14.4. The smallest absolute Gasteiger partial charge is 0.332 e. The number of likely N-dealkylation sites (N-methyl/N-ethyl adjacent to an activating group) is 1. The predicted octanol–water partition coefficient (Wildman–Crippen LogP) is 1.19. The molecule has 0 aromatic heterocycles. The number of esters is 1. The van der Waals surface area contributed by atoms with Crippen LogP contribution in [0.5, 0.6) is 0 Å². The molecular formula is C13H17ClN2O3. The van der Waals surface area contributed by atoms with Crippen molar-refractivity contribution in [2.24, 2.45) is 5.73 Å². The van der Waals surface area contributed by atoms with Gasteiger partial charge in [0.15, 0.2) is 6.04 Å². The fourth-order valence-electron chi connectivity index (χ4n) is 1.51. The van der Waals surface area contributed by atoms with Crippen LogP contribution in [-0.4, -0.2) is 36.5 Å². The van der Waals surface area contributed by atoms with E-state index in [-0.39, 0.29) is 6.61 Å². The van der Waals surface area contributed by atoms with Crippen LogP contribution in [0.2, 0.25) is 5.02 Å². The van der Waals surface area contributed by atoms with Gasteiger partial charge >= 0.3 is 5.97 Å². The molecule has 0 saturated carbocycles. The number of halogens is 1. The van der Waals surface area contributed by atoms with E-state index in [0.29, 0.717) is 11.6 Å². The second-order valence-electron chi connectivity index (χ2n) is 4.05. The lowest BCUT2D eigenvalue weighted by Crippen LogP contribution is -2.47. The number of carbonyl (C=O) groups is 2. The molecule has 0 heterocycles. The van der Waals surface area contributed by atoms with Crippen molar-refractivity contribution < 1.29 is 14.3 Å². The monoisotopic (exact) mass is 284 g/mol. The zero-order valence-corrected chi connectivity index (χ0v) is 11.7. The van der Waals surface area contributed by atoms with Crippen molar-refractivity contribution in [3.05, 3.63) is 34.9 Å². The highest BCUT2D eigenvalue weighted by atomic mass is 35.5. The lowest BCUT2D eigenvalue weighted by molar-refractivity contribution is -0.150. The Morgan fingerprint density at radius 3 is 2.47 bits per heavy atom. The molecule has 5 nitrogen and oxygen atoms in total. The molecule has 1 aromatic rings. The molecular weight excluding hydrogens is 268 g/mol. The SMILES string of the molecule is CCOC(=O)C(N)C(=O)N(C)Cc1ccc(Cl)cc1. The molecule has 0 aliphatic heterocycles. The van der Waals surface area contributed by atoms with Gasteiger partial charge in [-0.2, -0.15) is 0 Å². The van der Waals surface area contributed by atoms with Crippen molar-refractivity contribution in [2.75, 3.05) is 13.7 Å².